The third-order valence-electron chi connectivity index (χ3n) is 4.71. The van der Waals surface area contributed by atoms with Crippen molar-refractivity contribution >= 4 is 13.3 Å². The van der Waals surface area contributed by atoms with E-state index in [0.29, 0.717) is 5.92 Å². The Morgan fingerprint density at radius 3 is 2.08 bits per heavy atom. The molecule has 0 aliphatic heterocycles. The highest BCUT2D eigenvalue weighted by molar-refractivity contribution is 6.37. The van der Waals surface area contributed by atoms with E-state index in [1.54, 1.807) is 0 Å². The number of benzene rings is 3. The maximum atomic E-state index is 6.51. The average Bonchev–Trinajstić information content (AvgIpc) is 2.57. The Morgan fingerprint density at radius 1 is 0.750 bits per heavy atom. The van der Waals surface area contributed by atoms with E-state index in [2.05, 4.69) is 87.5 Å². The standard InChI is InChI=1S/C23H23B/c1-16(2)20-13-8-14-22(23(20)24)21-12-7-6-11-19(21)15-18-10-5-4-9-17(18)3/h4-14,16H,15H2,1-3H3. The second kappa shape index (κ2) is 7.09. The smallest absolute Gasteiger partial charge is 0.0856 e. The van der Waals surface area contributed by atoms with Gasteiger partial charge < -0.3 is 0 Å². The summed E-state index contributed by atoms with van der Waals surface area (Å²) < 4.78 is 0. The first-order chi connectivity index (χ1) is 11.6. The lowest BCUT2D eigenvalue weighted by molar-refractivity contribution is 0.874. The SMILES string of the molecule is [B]c1c(-c2ccccc2Cc2ccccc2C)cccc1C(C)C. The van der Waals surface area contributed by atoms with Crippen molar-refractivity contribution in [3.8, 4) is 11.1 Å². The predicted octanol–water partition coefficient (Wildman–Crippen LogP) is 5.17. The van der Waals surface area contributed by atoms with E-state index in [4.69, 9.17) is 7.85 Å². The molecule has 3 aromatic rings. The zero-order valence-corrected chi connectivity index (χ0v) is 14.7. The molecular formula is C23H23B. The molecule has 0 saturated carbocycles. The van der Waals surface area contributed by atoms with Crippen molar-refractivity contribution in [2.75, 3.05) is 0 Å². The van der Waals surface area contributed by atoms with Gasteiger partial charge >= 0.3 is 0 Å². The zero-order chi connectivity index (χ0) is 17.1. The van der Waals surface area contributed by atoms with Crippen molar-refractivity contribution < 1.29 is 0 Å². The van der Waals surface area contributed by atoms with Crippen LogP contribution in [0.25, 0.3) is 11.1 Å². The molecular weight excluding hydrogens is 287 g/mol. The van der Waals surface area contributed by atoms with Gasteiger partial charge in [-0.1, -0.05) is 91.6 Å². The zero-order valence-electron chi connectivity index (χ0n) is 14.7. The predicted molar refractivity (Wildman–Crippen MR) is 105 cm³/mol. The summed E-state index contributed by atoms with van der Waals surface area (Å²) in [6, 6.07) is 23.6. The lowest BCUT2D eigenvalue weighted by Gasteiger charge is -2.18. The van der Waals surface area contributed by atoms with E-state index >= 15 is 0 Å². The highest BCUT2D eigenvalue weighted by Crippen LogP contribution is 2.27. The molecule has 0 aliphatic rings. The van der Waals surface area contributed by atoms with Gasteiger partial charge in [0, 0.05) is 0 Å². The molecule has 2 radical (unpaired) electrons. The third-order valence-corrected chi connectivity index (χ3v) is 4.71. The second-order valence-electron chi connectivity index (χ2n) is 6.72. The molecule has 0 fully saturated rings. The minimum absolute atomic E-state index is 0.425. The van der Waals surface area contributed by atoms with Crippen LogP contribution in [-0.2, 0) is 6.42 Å². The quantitative estimate of drug-likeness (QED) is 0.583. The van der Waals surface area contributed by atoms with E-state index in [-0.39, 0.29) is 0 Å². The largest absolute Gasteiger partial charge is 0.115 e. The third kappa shape index (κ3) is 3.31. The van der Waals surface area contributed by atoms with Gasteiger partial charge in [-0.25, -0.2) is 0 Å². The number of hydrogen-bond acceptors (Lipinski definition) is 0. The van der Waals surface area contributed by atoms with Crippen LogP contribution in [-0.4, -0.2) is 7.85 Å². The molecule has 0 unspecified atom stereocenters. The Bertz CT molecular complexity index is 846. The highest BCUT2D eigenvalue weighted by atomic mass is 14.1. The van der Waals surface area contributed by atoms with E-state index < -0.39 is 0 Å². The topological polar surface area (TPSA) is 0 Å². The molecule has 0 saturated heterocycles. The van der Waals surface area contributed by atoms with Gasteiger partial charge in [0.1, 0.15) is 7.85 Å². The van der Waals surface area contributed by atoms with Gasteiger partial charge in [-0.05, 0) is 47.1 Å². The molecule has 0 atom stereocenters. The number of aryl methyl sites for hydroxylation is 1. The van der Waals surface area contributed by atoms with Gasteiger partial charge in [-0.2, -0.15) is 0 Å². The number of hydrogen-bond donors (Lipinski definition) is 0. The van der Waals surface area contributed by atoms with E-state index in [9.17, 15) is 0 Å². The first-order valence-corrected chi connectivity index (χ1v) is 8.59. The van der Waals surface area contributed by atoms with Gasteiger partial charge in [0.2, 0.25) is 0 Å². The maximum absolute atomic E-state index is 6.51. The van der Waals surface area contributed by atoms with Crippen molar-refractivity contribution in [3.63, 3.8) is 0 Å². The summed E-state index contributed by atoms with van der Waals surface area (Å²) in [5, 5.41) is 0. The van der Waals surface area contributed by atoms with Crippen LogP contribution in [0.1, 0.15) is 42.0 Å². The minimum atomic E-state index is 0.425. The first kappa shape index (κ1) is 16.6. The Hall–Kier alpha value is -2.28. The molecule has 3 aromatic carbocycles. The van der Waals surface area contributed by atoms with Crippen molar-refractivity contribution in [1.82, 2.24) is 0 Å². The summed E-state index contributed by atoms with van der Waals surface area (Å²) in [7, 11) is 6.51. The van der Waals surface area contributed by atoms with Crippen LogP contribution in [0.15, 0.2) is 66.7 Å². The van der Waals surface area contributed by atoms with Crippen molar-refractivity contribution in [1.29, 1.82) is 0 Å². The summed E-state index contributed by atoms with van der Waals surface area (Å²) in [6.07, 6.45) is 0.925. The normalized spacial score (nSPS) is 11.0. The summed E-state index contributed by atoms with van der Waals surface area (Å²) in [4.78, 5) is 0. The van der Waals surface area contributed by atoms with Crippen LogP contribution < -0.4 is 5.46 Å². The van der Waals surface area contributed by atoms with E-state index in [1.165, 1.54) is 27.8 Å². The molecule has 0 heterocycles. The Labute approximate surface area is 147 Å². The second-order valence-corrected chi connectivity index (χ2v) is 6.72. The summed E-state index contributed by atoms with van der Waals surface area (Å²) in [5.41, 5.74) is 8.52. The van der Waals surface area contributed by atoms with Crippen molar-refractivity contribution in [3.05, 3.63) is 89.0 Å². The fourth-order valence-corrected chi connectivity index (χ4v) is 3.27. The lowest BCUT2D eigenvalue weighted by Crippen LogP contribution is -2.15. The van der Waals surface area contributed by atoms with Crippen LogP contribution >= 0.6 is 0 Å². The summed E-state index contributed by atoms with van der Waals surface area (Å²) in [6.45, 7) is 6.55. The van der Waals surface area contributed by atoms with Crippen LogP contribution in [0.2, 0.25) is 0 Å². The highest BCUT2D eigenvalue weighted by Gasteiger charge is 2.12. The molecule has 0 aliphatic carbocycles. The molecule has 0 aromatic heterocycles. The Kier molecular flexibility index (Phi) is 4.90. The van der Waals surface area contributed by atoms with E-state index in [1.807, 2.05) is 0 Å². The fraction of sp³-hybridized carbons (Fsp3) is 0.217. The first-order valence-electron chi connectivity index (χ1n) is 8.59. The van der Waals surface area contributed by atoms with Crippen molar-refractivity contribution in [2.24, 2.45) is 0 Å². The molecule has 0 N–H and O–H groups in total. The average molecular weight is 310 g/mol. The monoisotopic (exact) mass is 310 g/mol. The van der Waals surface area contributed by atoms with Gasteiger partial charge in [0.25, 0.3) is 0 Å². The van der Waals surface area contributed by atoms with Crippen LogP contribution in [0.5, 0.6) is 0 Å². The van der Waals surface area contributed by atoms with Crippen LogP contribution in [0.3, 0.4) is 0 Å². The fourth-order valence-electron chi connectivity index (χ4n) is 3.27. The minimum Gasteiger partial charge on any atom is -0.0856 e. The van der Waals surface area contributed by atoms with E-state index in [0.717, 1.165) is 17.4 Å². The van der Waals surface area contributed by atoms with Gasteiger partial charge in [-0.3, -0.25) is 0 Å². The molecule has 0 spiro atoms. The van der Waals surface area contributed by atoms with Gasteiger partial charge in [0.15, 0.2) is 0 Å². The molecule has 0 bridgehead atoms. The Morgan fingerprint density at radius 2 is 1.38 bits per heavy atom. The molecule has 118 valence electrons. The van der Waals surface area contributed by atoms with Crippen LogP contribution in [0.4, 0.5) is 0 Å². The molecule has 0 amide bonds. The van der Waals surface area contributed by atoms with Crippen LogP contribution in [0, 0.1) is 6.92 Å². The summed E-state index contributed by atoms with van der Waals surface area (Å²) >= 11 is 0. The summed E-state index contributed by atoms with van der Waals surface area (Å²) in [5.74, 6) is 0.425. The molecule has 3 rings (SSSR count). The van der Waals surface area contributed by atoms with Gasteiger partial charge in [0.05, 0.1) is 0 Å². The lowest BCUT2D eigenvalue weighted by atomic mass is 9.78. The maximum Gasteiger partial charge on any atom is 0.115 e. The molecule has 0 nitrogen and oxygen atoms in total. The van der Waals surface area contributed by atoms with Crippen molar-refractivity contribution in [2.45, 2.75) is 33.1 Å². The molecule has 1 heteroatoms. The number of rotatable bonds is 4. The molecule has 24 heavy (non-hydrogen) atoms. The van der Waals surface area contributed by atoms with Gasteiger partial charge in [-0.15, -0.1) is 0 Å². The Balaban J connectivity index is 2.08.